The van der Waals surface area contributed by atoms with Gasteiger partial charge in [-0.3, -0.25) is 0 Å². The Labute approximate surface area is 127 Å². The lowest BCUT2D eigenvalue weighted by Gasteiger charge is -2.17. The van der Waals surface area contributed by atoms with Crippen LogP contribution in [-0.2, 0) is 19.0 Å². The van der Waals surface area contributed by atoms with Gasteiger partial charge in [0.05, 0.1) is 23.2 Å². The number of fused-ring (bicyclic) bond motifs is 1. The van der Waals surface area contributed by atoms with E-state index < -0.39 is 0 Å². The van der Waals surface area contributed by atoms with E-state index in [1.807, 2.05) is 0 Å². The zero-order valence-corrected chi connectivity index (χ0v) is 13.6. The minimum atomic E-state index is 0.0198. The van der Waals surface area contributed by atoms with Gasteiger partial charge in [-0.15, -0.1) is 0 Å². The van der Waals surface area contributed by atoms with E-state index in [0.717, 1.165) is 18.8 Å². The van der Waals surface area contributed by atoms with E-state index in [9.17, 15) is 0 Å². The molecule has 0 bridgehead atoms. The Morgan fingerprint density at radius 2 is 2.10 bits per heavy atom. The first-order valence-corrected chi connectivity index (χ1v) is 7.70. The summed E-state index contributed by atoms with van der Waals surface area (Å²) in [6.07, 6.45) is 5.46. The summed E-state index contributed by atoms with van der Waals surface area (Å²) >= 11 is 0. The molecule has 0 unspecified atom stereocenters. The first-order valence-electron chi connectivity index (χ1n) is 7.70. The molecular formula is C18H24N3+. The van der Waals surface area contributed by atoms with Crippen LogP contribution in [-0.4, -0.2) is 10.3 Å². The van der Waals surface area contributed by atoms with Crippen LogP contribution < -0.4 is 4.57 Å². The zero-order chi connectivity index (χ0) is 15.2. The van der Waals surface area contributed by atoms with Crippen molar-refractivity contribution < 1.29 is 4.57 Å². The number of aryl methyl sites for hydroxylation is 2. The first-order chi connectivity index (χ1) is 9.95. The van der Waals surface area contributed by atoms with E-state index in [1.54, 1.807) is 0 Å². The number of nitrogens with zero attached hydrogens (tertiary/aromatic N) is 3. The highest BCUT2D eigenvalue weighted by molar-refractivity contribution is 5.98. The number of pyridine rings is 1. The second-order valence-electron chi connectivity index (χ2n) is 6.49. The normalized spacial score (nSPS) is 16.0. The summed E-state index contributed by atoms with van der Waals surface area (Å²) in [5, 5.41) is 0. The highest BCUT2D eigenvalue weighted by Crippen LogP contribution is 2.39. The van der Waals surface area contributed by atoms with Crippen LogP contribution in [0, 0.1) is 0 Å². The molecule has 0 radical (unpaired) electrons. The van der Waals surface area contributed by atoms with Gasteiger partial charge in [0.1, 0.15) is 11.9 Å². The van der Waals surface area contributed by atoms with Crippen molar-refractivity contribution in [3.05, 3.63) is 36.2 Å². The summed E-state index contributed by atoms with van der Waals surface area (Å²) in [4.78, 5) is 4.84. The summed E-state index contributed by atoms with van der Waals surface area (Å²) in [5.41, 5.74) is 5.08. The van der Waals surface area contributed by atoms with Crippen LogP contribution in [0.2, 0.25) is 0 Å². The Hall–Kier alpha value is -1.90. The van der Waals surface area contributed by atoms with E-state index >= 15 is 0 Å². The summed E-state index contributed by atoms with van der Waals surface area (Å²) in [7, 11) is 2.10. The number of hydrogen-bond acceptors (Lipinski definition) is 1. The van der Waals surface area contributed by atoms with Crippen LogP contribution in [0.3, 0.4) is 0 Å². The molecule has 3 nitrogen and oxygen atoms in total. The second-order valence-corrected chi connectivity index (χ2v) is 6.49. The van der Waals surface area contributed by atoms with E-state index in [4.69, 9.17) is 4.99 Å². The second kappa shape index (κ2) is 4.83. The average molecular weight is 282 g/mol. The molecule has 21 heavy (non-hydrogen) atoms. The molecule has 3 heteroatoms. The smallest absolute Gasteiger partial charge is 0.327 e. The fourth-order valence-electron chi connectivity index (χ4n) is 3.03. The maximum absolute atomic E-state index is 4.84. The molecule has 0 saturated heterocycles. The van der Waals surface area contributed by atoms with Gasteiger partial charge in [-0.1, -0.05) is 6.92 Å². The van der Waals surface area contributed by atoms with Crippen LogP contribution in [0.5, 0.6) is 0 Å². The Morgan fingerprint density at radius 3 is 2.71 bits per heavy atom. The number of aliphatic imine (C=N–C) groups is 1. The predicted octanol–water partition coefficient (Wildman–Crippen LogP) is 3.77. The molecule has 0 aromatic carbocycles. The fourth-order valence-corrected chi connectivity index (χ4v) is 3.03. The van der Waals surface area contributed by atoms with Gasteiger partial charge in [0.2, 0.25) is 0 Å². The summed E-state index contributed by atoms with van der Waals surface area (Å²) in [5.74, 6) is 1.14. The third-order valence-electron chi connectivity index (χ3n) is 4.66. The van der Waals surface area contributed by atoms with Gasteiger partial charge >= 0.3 is 5.82 Å². The largest absolute Gasteiger partial charge is 0.350 e. The van der Waals surface area contributed by atoms with Crippen LogP contribution in [0.1, 0.15) is 39.7 Å². The maximum atomic E-state index is 4.84. The molecule has 3 rings (SSSR count). The van der Waals surface area contributed by atoms with Crippen molar-refractivity contribution >= 4 is 11.5 Å². The van der Waals surface area contributed by atoms with Crippen molar-refractivity contribution in [1.82, 2.24) is 4.57 Å². The molecule has 0 N–H and O–H groups in total. The van der Waals surface area contributed by atoms with Crippen molar-refractivity contribution in [2.45, 2.75) is 46.1 Å². The lowest BCUT2D eigenvalue weighted by molar-refractivity contribution is -0.683. The highest BCUT2D eigenvalue weighted by Gasteiger charge is 2.41. The monoisotopic (exact) mass is 282 g/mol. The molecule has 2 aromatic heterocycles. The molecule has 0 aliphatic carbocycles. The molecule has 0 amide bonds. The van der Waals surface area contributed by atoms with Gasteiger partial charge in [-0.05, 0) is 50.4 Å². The number of aromatic nitrogens is 2. The average Bonchev–Trinajstić information content (AvgIpc) is 2.94. The molecular weight excluding hydrogens is 258 g/mol. The highest BCUT2D eigenvalue weighted by atomic mass is 15.1. The topological polar surface area (TPSA) is 21.2 Å². The molecule has 2 aromatic rings. The molecule has 0 spiro atoms. The van der Waals surface area contributed by atoms with Gasteiger partial charge in [-0.25, -0.2) is 4.57 Å². The molecule has 3 heterocycles. The third-order valence-corrected chi connectivity index (χ3v) is 4.66. The van der Waals surface area contributed by atoms with Crippen molar-refractivity contribution in [2.75, 3.05) is 0 Å². The van der Waals surface area contributed by atoms with Crippen LogP contribution >= 0.6 is 0 Å². The molecule has 0 saturated carbocycles. The van der Waals surface area contributed by atoms with Crippen LogP contribution in [0.15, 0.2) is 35.6 Å². The predicted molar refractivity (Wildman–Crippen MR) is 87.1 cm³/mol. The van der Waals surface area contributed by atoms with E-state index in [-0.39, 0.29) is 5.41 Å². The summed E-state index contributed by atoms with van der Waals surface area (Å²) in [6.45, 7) is 9.89. The lowest BCUT2D eigenvalue weighted by Crippen LogP contribution is -2.35. The van der Waals surface area contributed by atoms with Crippen LogP contribution in [0.25, 0.3) is 11.3 Å². The Morgan fingerprint density at radius 1 is 1.33 bits per heavy atom. The fraction of sp³-hybridized carbons (Fsp3) is 0.444. The molecule has 0 atom stereocenters. The molecule has 1 aliphatic heterocycles. The molecule has 0 fully saturated rings. The van der Waals surface area contributed by atoms with Crippen molar-refractivity contribution in [2.24, 2.45) is 12.0 Å². The standard InChI is InChI=1S/C18H24N3/c1-6-9-21-12-14(16-8-7-10-20(16)5)11-15-17(21)19-13(2)18(15,3)4/h7-8,10-12H,6,9H2,1-5H3/q+1. The van der Waals surface area contributed by atoms with E-state index in [2.05, 4.69) is 74.5 Å². The Bertz CT molecular complexity index is 720. The zero-order valence-electron chi connectivity index (χ0n) is 13.6. The van der Waals surface area contributed by atoms with Gasteiger partial charge in [-0.2, -0.15) is 0 Å². The summed E-state index contributed by atoms with van der Waals surface area (Å²) in [6, 6.07) is 6.59. The van der Waals surface area contributed by atoms with E-state index in [0.29, 0.717) is 0 Å². The quantitative estimate of drug-likeness (QED) is 0.764. The van der Waals surface area contributed by atoms with Gasteiger partial charge in [0.15, 0.2) is 0 Å². The molecule has 110 valence electrons. The van der Waals surface area contributed by atoms with Crippen LogP contribution in [0.4, 0.5) is 5.82 Å². The number of hydrogen-bond donors (Lipinski definition) is 0. The SMILES string of the molecule is CCC[n+]1cc(-c2cccn2C)cc2c1N=C(C)C2(C)C. The Balaban J connectivity index is 2.23. The van der Waals surface area contributed by atoms with Gasteiger partial charge < -0.3 is 4.57 Å². The van der Waals surface area contributed by atoms with Crippen molar-refractivity contribution in [3.63, 3.8) is 0 Å². The third kappa shape index (κ3) is 2.11. The minimum absolute atomic E-state index is 0.0198. The van der Waals surface area contributed by atoms with Gasteiger partial charge in [0, 0.05) is 18.8 Å². The van der Waals surface area contributed by atoms with Crippen molar-refractivity contribution in [3.8, 4) is 11.3 Å². The van der Waals surface area contributed by atoms with Gasteiger partial charge in [0.25, 0.3) is 0 Å². The van der Waals surface area contributed by atoms with E-state index in [1.165, 1.54) is 22.5 Å². The van der Waals surface area contributed by atoms with Crippen molar-refractivity contribution in [1.29, 1.82) is 0 Å². The molecule has 1 aliphatic rings. The minimum Gasteiger partial charge on any atom is -0.350 e. The first kappa shape index (κ1) is 14.1. The lowest BCUT2D eigenvalue weighted by atomic mass is 9.82. The number of rotatable bonds is 3. The summed E-state index contributed by atoms with van der Waals surface area (Å²) < 4.78 is 4.49. The maximum Gasteiger partial charge on any atom is 0.327 e. The Kier molecular flexibility index (Phi) is 3.23.